The highest BCUT2D eigenvalue weighted by molar-refractivity contribution is 5.76. The predicted molar refractivity (Wildman–Crippen MR) is 73.6 cm³/mol. The molecule has 116 valence electrons. The molecule has 0 bridgehead atoms. The zero-order valence-electron chi connectivity index (χ0n) is 11.6. The number of hydrogen-bond donors (Lipinski definition) is 2. The monoisotopic (exact) mass is 297 g/mol. The number of amides is 1. The van der Waals surface area contributed by atoms with Crippen LogP contribution in [0.2, 0.25) is 0 Å². The van der Waals surface area contributed by atoms with Crippen LogP contribution in [-0.2, 0) is 11.3 Å². The Morgan fingerprint density at radius 3 is 2.81 bits per heavy atom. The average molecular weight is 297 g/mol. The minimum absolute atomic E-state index is 0.107. The van der Waals surface area contributed by atoms with Crippen LogP contribution in [0.3, 0.4) is 0 Å². The predicted octanol–water partition coefficient (Wildman–Crippen LogP) is -0.636. The lowest BCUT2D eigenvalue weighted by Crippen LogP contribution is -2.46. The maximum absolute atomic E-state index is 11.9. The lowest BCUT2D eigenvalue weighted by atomic mass is 10.3. The summed E-state index contributed by atoms with van der Waals surface area (Å²) in [5.41, 5.74) is -0.154. The number of hydrogen-bond acceptors (Lipinski definition) is 6. The third-order valence-corrected chi connectivity index (χ3v) is 3.40. The summed E-state index contributed by atoms with van der Waals surface area (Å²) in [4.78, 5) is 24.0. The van der Waals surface area contributed by atoms with Gasteiger partial charge in [-0.15, -0.1) is 0 Å². The number of aliphatic hydroxyl groups excluding tert-OH is 1. The van der Waals surface area contributed by atoms with Gasteiger partial charge < -0.3 is 15.3 Å². The number of carbonyl (C=O) groups excluding carboxylic acids is 1. The van der Waals surface area contributed by atoms with Gasteiger partial charge in [0.05, 0.1) is 17.6 Å². The van der Waals surface area contributed by atoms with Crippen LogP contribution in [0, 0.1) is 10.1 Å². The Bertz CT molecular complexity index is 498. The van der Waals surface area contributed by atoms with Crippen molar-refractivity contribution in [1.29, 1.82) is 0 Å². The summed E-state index contributed by atoms with van der Waals surface area (Å²) < 4.78 is 1.21. The van der Waals surface area contributed by atoms with Crippen LogP contribution in [0.1, 0.15) is 12.8 Å². The lowest BCUT2D eigenvalue weighted by Gasteiger charge is -2.22. The number of rotatable bonds is 7. The minimum Gasteiger partial charge on any atom is -0.394 e. The van der Waals surface area contributed by atoms with Crippen molar-refractivity contribution in [2.24, 2.45) is 0 Å². The van der Waals surface area contributed by atoms with Crippen molar-refractivity contribution >= 4 is 11.6 Å². The molecule has 1 aliphatic rings. The lowest BCUT2D eigenvalue weighted by molar-refractivity contribution is -0.385. The second-order valence-electron chi connectivity index (χ2n) is 5.11. The molecule has 2 heterocycles. The Morgan fingerprint density at radius 1 is 1.52 bits per heavy atom. The Labute approximate surface area is 121 Å². The maximum Gasteiger partial charge on any atom is 0.307 e. The zero-order valence-corrected chi connectivity index (χ0v) is 11.6. The molecule has 1 aliphatic heterocycles. The van der Waals surface area contributed by atoms with Crippen molar-refractivity contribution in [3.8, 4) is 0 Å². The number of carbonyl (C=O) groups is 1. The average Bonchev–Trinajstić information content (AvgIpc) is 3.09. The van der Waals surface area contributed by atoms with E-state index in [0.717, 1.165) is 32.1 Å². The molecular formula is C12H19N5O4. The quantitative estimate of drug-likeness (QED) is 0.511. The van der Waals surface area contributed by atoms with E-state index in [1.54, 1.807) is 0 Å². The first-order chi connectivity index (χ1) is 10.1. The van der Waals surface area contributed by atoms with Gasteiger partial charge in [0.2, 0.25) is 5.91 Å². The summed E-state index contributed by atoms with van der Waals surface area (Å²) in [6, 6.07) is -0.332. The van der Waals surface area contributed by atoms with E-state index in [4.69, 9.17) is 0 Å². The first-order valence-corrected chi connectivity index (χ1v) is 6.88. The van der Waals surface area contributed by atoms with Crippen LogP contribution in [0.25, 0.3) is 0 Å². The molecule has 0 spiro atoms. The molecule has 9 heteroatoms. The van der Waals surface area contributed by atoms with Crippen LogP contribution >= 0.6 is 0 Å². The first-order valence-electron chi connectivity index (χ1n) is 6.88. The van der Waals surface area contributed by atoms with Crippen molar-refractivity contribution in [3.05, 3.63) is 22.5 Å². The highest BCUT2D eigenvalue weighted by Gasteiger charge is 2.19. The third kappa shape index (κ3) is 4.50. The second-order valence-corrected chi connectivity index (χ2v) is 5.11. The molecule has 1 unspecified atom stereocenters. The van der Waals surface area contributed by atoms with Crippen LogP contribution < -0.4 is 5.32 Å². The summed E-state index contributed by atoms with van der Waals surface area (Å²) in [6.45, 7) is 2.34. The largest absolute Gasteiger partial charge is 0.394 e. The first kappa shape index (κ1) is 15.4. The number of aliphatic hydroxyl groups is 1. The van der Waals surface area contributed by atoms with Crippen LogP contribution in [-0.4, -0.2) is 62.9 Å². The zero-order chi connectivity index (χ0) is 15.2. The van der Waals surface area contributed by atoms with Gasteiger partial charge in [0.1, 0.15) is 18.9 Å². The van der Waals surface area contributed by atoms with Gasteiger partial charge in [-0.2, -0.15) is 5.10 Å². The molecule has 0 radical (unpaired) electrons. The van der Waals surface area contributed by atoms with Gasteiger partial charge in [-0.3, -0.25) is 19.6 Å². The summed E-state index contributed by atoms with van der Waals surface area (Å²) in [5.74, 6) is -0.328. The molecule has 0 aromatic carbocycles. The van der Waals surface area contributed by atoms with Gasteiger partial charge in [0, 0.05) is 6.54 Å². The molecule has 9 nitrogen and oxygen atoms in total. The fourth-order valence-corrected chi connectivity index (χ4v) is 2.38. The molecule has 21 heavy (non-hydrogen) atoms. The number of nitrogens with zero attached hydrogens (tertiary/aromatic N) is 4. The molecule has 2 N–H and O–H groups in total. The molecule has 2 rings (SSSR count). The Hall–Kier alpha value is -2.00. The number of aromatic nitrogens is 2. The summed E-state index contributed by atoms with van der Waals surface area (Å²) in [5, 5.41) is 26.3. The number of likely N-dealkylation sites (tertiary alicyclic amines) is 1. The summed E-state index contributed by atoms with van der Waals surface area (Å²) in [6.07, 6.45) is 4.58. The van der Waals surface area contributed by atoms with Crippen molar-refractivity contribution in [2.75, 3.05) is 26.2 Å². The molecule has 1 amide bonds. The van der Waals surface area contributed by atoms with Gasteiger partial charge in [-0.05, 0) is 25.9 Å². The van der Waals surface area contributed by atoms with E-state index in [-0.39, 0.29) is 30.8 Å². The molecule has 1 fully saturated rings. The Morgan fingerprint density at radius 2 is 2.24 bits per heavy atom. The van der Waals surface area contributed by atoms with Gasteiger partial charge in [-0.25, -0.2) is 0 Å². The standard InChI is InChI=1S/C12H19N5O4/c18-9-10(6-15-3-1-2-4-15)14-12(19)8-16-7-11(5-13-16)17(20)21/h5,7,10,18H,1-4,6,8-9H2,(H,14,19). The van der Waals surface area contributed by atoms with Gasteiger partial charge in [0.15, 0.2) is 0 Å². The van der Waals surface area contributed by atoms with E-state index < -0.39 is 4.92 Å². The number of nitrogens with one attached hydrogen (secondary N) is 1. The summed E-state index contributed by atoms with van der Waals surface area (Å²) >= 11 is 0. The Kier molecular flexibility index (Phi) is 5.23. The third-order valence-electron chi connectivity index (χ3n) is 3.40. The molecular weight excluding hydrogens is 278 g/mol. The SMILES string of the molecule is O=C(Cn1cc([N+](=O)[O-])cn1)NC(CO)CN1CCCC1. The van der Waals surface area contributed by atoms with Crippen LogP contribution in [0.4, 0.5) is 5.69 Å². The normalized spacial score (nSPS) is 16.8. The van der Waals surface area contributed by atoms with E-state index >= 15 is 0 Å². The van der Waals surface area contributed by atoms with E-state index in [2.05, 4.69) is 15.3 Å². The Balaban J connectivity index is 1.82. The van der Waals surface area contributed by atoms with Gasteiger partial charge in [0.25, 0.3) is 0 Å². The molecule has 1 saturated heterocycles. The fraction of sp³-hybridized carbons (Fsp3) is 0.667. The van der Waals surface area contributed by atoms with Crippen molar-refractivity contribution in [1.82, 2.24) is 20.0 Å². The maximum atomic E-state index is 11.9. The number of nitro groups is 1. The van der Waals surface area contributed by atoms with Crippen LogP contribution in [0.15, 0.2) is 12.4 Å². The molecule has 0 saturated carbocycles. The highest BCUT2D eigenvalue weighted by Crippen LogP contribution is 2.08. The molecule has 1 aromatic rings. The smallest absolute Gasteiger partial charge is 0.307 e. The van der Waals surface area contributed by atoms with Gasteiger partial charge >= 0.3 is 5.69 Å². The van der Waals surface area contributed by atoms with E-state index in [0.29, 0.717) is 6.54 Å². The topological polar surface area (TPSA) is 114 Å². The van der Waals surface area contributed by atoms with Crippen molar-refractivity contribution in [2.45, 2.75) is 25.4 Å². The molecule has 1 atom stereocenters. The minimum atomic E-state index is -0.564. The summed E-state index contributed by atoms with van der Waals surface area (Å²) in [7, 11) is 0. The van der Waals surface area contributed by atoms with Gasteiger partial charge in [-0.1, -0.05) is 0 Å². The van der Waals surface area contributed by atoms with E-state index in [1.165, 1.54) is 10.9 Å². The van der Waals surface area contributed by atoms with E-state index in [9.17, 15) is 20.0 Å². The molecule has 1 aromatic heterocycles. The van der Waals surface area contributed by atoms with Crippen LogP contribution in [0.5, 0.6) is 0 Å². The molecule has 0 aliphatic carbocycles. The highest BCUT2D eigenvalue weighted by atomic mass is 16.6. The van der Waals surface area contributed by atoms with E-state index in [1.807, 2.05) is 0 Å². The van der Waals surface area contributed by atoms with Crippen molar-refractivity contribution in [3.63, 3.8) is 0 Å². The van der Waals surface area contributed by atoms with Crippen molar-refractivity contribution < 1.29 is 14.8 Å². The second kappa shape index (κ2) is 7.14. The fourth-order valence-electron chi connectivity index (χ4n) is 2.38.